The SMILES string of the molecule is C#CCOC(=O)[C]1[CH][CH][CH][CH]1.C[C]1[CH][CH][CH][CH][CH]1.F[P-](F)(F)(F)(F)F.[Fe+2]. The van der Waals surface area contributed by atoms with Gasteiger partial charge in [0.2, 0.25) is 0 Å². The fourth-order valence-electron chi connectivity index (χ4n) is 1.24. The Hall–Kier alpha value is -0.441. The Labute approximate surface area is 161 Å². The molecule has 2 fully saturated rings. The molecule has 0 N–H and O–H groups in total. The van der Waals surface area contributed by atoms with E-state index in [2.05, 4.69) is 30.4 Å². The molecule has 0 atom stereocenters. The van der Waals surface area contributed by atoms with E-state index in [9.17, 15) is 30.0 Å². The smallest absolute Gasteiger partial charge is 2.00 e. The molecule has 2 aliphatic rings. The number of rotatable bonds is 2. The molecule has 145 valence electrons. The van der Waals surface area contributed by atoms with Gasteiger partial charge in [-0.1, -0.05) is 12.8 Å². The normalized spacial score (nSPS) is 20.5. The van der Waals surface area contributed by atoms with Crippen LogP contribution < -0.4 is 0 Å². The molecule has 0 spiro atoms. The van der Waals surface area contributed by atoms with Crippen LogP contribution in [0.4, 0.5) is 25.2 Å². The van der Waals surface area contributed by atoms with Crippen LogP contribution in [-0.4, -0.2) is 12.6 Å². The van der Waals surface area contributed by atoms with Crippen molar-refractivity contribution in [2.45, 2.75) is 6.92 Å². The van der Waals surface area contributed by atoms with Gasteiger partial charge in [-0.15, -0.1) is 6.42 Å². The largest absolute Gasteiger partial charge is 2.00 e. The Kier molecular flexibility index (Phi) is 11.5. The van der Waals surface area contributed by atoms with Crippen molar-refractivity contribution in [1.82, 2.24) is 0 Å². The van der Waals surface area contributed by atoms with Crippen molar-refractivity contribution in [3.05, 3.63) is 69.6 Å². The van der Waals surface area contributed by atoms with Crippen LogP contribution in [-0.2, 0) is 26.6 Å². The summed E-state index contributed by atoms with van der Waals surface area (Å²) in [6.45, 7) is 2.12. The molecule has 0 aromatic heterocycles. The molecule has 0 aromatic carbocycles. The minimum atomic E-state index is -10.7. The minimum absolute atomic E-state index is 0. The molecule has 0 saturated heterocycles. The van der Waals surface area contributed by atoms with Crippen molar-refractivity contribution >= 4 is 13.8 Å². The zero-order valence-electron chi connectivity index (χ0n) is 13.4. The van der Waals surface area contributed by atoms with Crippen molar-refractivity contribution in [3.63, 3.8) is 0 Å². The van der Waals surface area contributed by atoms with Gasteiger partial charge >= 0.3 is 56.0 Å². The van der Waals surface area contributed by atoms with Gasteiger partial charge in [-0.3, -0.25) is 4.79 Å². The quantitative estimate of drug-likeness (QED) is 0.185. The van der Waals surface area contributed by atoms with Crippen molar-refractivity contribution in [2.75, 3.05) is 6.61 Å². The van der Waals surface area contributed by atoms with Gasteiger partial charge < -0.3 is 4.74 Å². The van der Waals surface area contributed by atoms with Crippen molar-refractivity contribution in [3.8, 4) is 12.3 Å². The van der Waals surface area contributed by atoms with Crippen molar-refractivity contribution in [2.24, 2.45) is 0 Å². The average Bonchev–Trinajstić information content (AvgIpc) is 2.97. The average molecular weight is 440 g/mol. The molecule has 11 radical (unpaired) electrons. The molecule has 0 bridgehead atoms. The van der Waals surface area contributed by atoms with E-state index in [1.807, 2.05) is 19.3 Å². The third-order valence-electron chi connectivity index (χ3n) is 2.13. The Morgan fingerprint density at radius 3 is 1.65 bits per heavy atom. The first-order chi connectivity index (χ1) is 11.2. The van der Waals surface area contributed by atoms with Crippen LogP contribution >= 0.6 is 7.81 Å². The van der Waals surface area contributed by atoms with E-state index in [1.165, 1.54) is 5.92 Å². The molecule has 0 heterocycles. The molecular weight excluding hydrogens is 425 g/mol. The second-order valence-electron chi connectivity index (χ2n) is 4.57. The first-order valence-electron chi connectivity index (χ1n) is 6.59. The summed E-state index contributed by atoms with van der Waals surface area (Å²) in [5, 5.41) is 0. The monoisotopic (exact) mass is 440 g/mol. The van der Waals surface area contributed by atoms with E-state index in [1.54, 1.807) is 25.7 Å². The standard InChI is InChI=1S/C9H7O2.C7H8.F6P.Fe/c1-2-7-11-9(10)8-5-3-4-6-8;1-7-5-3-2-4-6-7;1-7(2,3,4,5)6;/h1,3-6H,7H2;2-6H,1H3;;/q;;-1;+2. The maximum atomic E-state index is 10.9. The minimum Gasteiger partial charge on any atom is 2.00 e. The maximum Gasteiger partial charge on any atom is 2.00 e. The first kappa shape index (κ1) is 27.8. The van der Waals surface area contributed by atoms with Crippen LogP contribution in [0.15, 0.2) is 0 Å². The van der Waals surface area contributed by atoms with E-state index >= 15 is 0 Å². The predicted octanol–water partition coefficient (Wildman–Crippen LogP) is 5.56. The van der Waals surface area contributed by atoms with Crippen LogP contribution in [0, 0.1) is 82.0 Å². The number of terminal acetylenes is 1. The second-order valence-corrected chi connectivity index (χ2v) is 6.48. The number of carbonyl (C=O) groups is 1. The van der Waals surface area contributed by atoms with E-state index in [0.29, 0.717) is 5.92 Å². The number of ether oxygens (including phenoxy) is 1. The molecule has 0 aliphatic heterocycles. The first-order valence-corrected chi connectivity index (χ1v) is 8.62. The van der Waals surface area contributed by atoms with Crippen LogP contribution in [0.1, 0.15) is 6.92 Å². The molecule has 2 saturated carbocycles. The molecule has 2 rings (SSSR count). The van der Waals surface area contributed by atoms with Gasteiger partial charge in [0.05, 0.1) is 5.92 Å². The summed E-state index contributed by atoms with van der Waals surface area (Å²) in [4.78, 5) is 10.9. The molecule has 2 aliphatic carbocycles. The maximum absolute atomic E-state index is 10.9. The van der Waals surface area contributed by atoms with Crippen LogP contribution in [0.2, 0.25) is 0 Å². The van der Waals surface area contributed by atoms with Gasteiger partial charge in [0.1, 0.15) is 0 Å². The molecular formula is C16H15F6FeO2P+. The summed E-state index contributed by atoms with van der Waals surface area (Å²) in [7, 11) is -10.7. The summed E-state index contributed by atoms with van der Waals surface area (Å²) < 4.78 is 63.9. The number of hydrogen-bond acceptors (Lipinski definition) is 2. The van der Waals surface area contributed by atoms with Crippen LogP contribution in [0.25, 0.3) is 0 Å². The summed E-state index contributed by atoms with van der Waals surface area (Å²) >= 11 is 0. The molecule has 0 amide bonds. The number of esters is 1. The second kappa shape index (κ2) is 10.8. The van der Waals surface area contributed by atoms with E-state index < -0.39 is 7.81 Å². The molecule has 0 aromatic rings. The number of halogens is 6. The third kappa shape index (κ3) is 23.6. The van der Waals surface area contributed by atoms with Gasteiger partial charge in [-0.25, -0.2) is 0 Å². The summed E-state index contributed by atoms with van der Waals surface area (Å²) in [6.07, 6.45) is 22.1. The van der Waals surface area contributed by atoms with Crippen LogP contribution in [0.3, 0.4) is 0 Å². The summed E-state index contributed by atoms with van der Waals surface area (Å²) in [5.41, 5.74) is 0. The Balaban J connectivity index is 0. The molecule has 0 unspecified atom stereocenters. The van der Waals surface area contributed by atoms with E-state index in [4.69, 9.17) is 6.42 Å². The third-order valence-corrected chi connectivity index (χ3v) is 2.13. The topological polar surface area (TPSA) is 26.3 Å². The van der Waals surface area contributed by atoms with Crippen molar-refractivity contribution in [1.29, 1.82) is 0 Å². The Bertz CT molecular complexity index is 437. The summed E-state index contributed by atoms with van der Waals surface area (Å²) in [6, 6.07) is 0. The summed E-state index contributed by atoms with van der Waals surface area (Å²) in [5.74, 6) is 3.71. The van der Waals surface area contributed by atoms with Crippen molar-refractivity contribution < 1.29 is 51.8 Å². The molecule has 26 heavy (non-hydrogen) atoms. The molecule has 2 nitrogen and oxygen atoms in total. The van der Waals surface area contributed by atoms with Gasteiger partial charge in [0, 0.05) is 0 Å². The number of carbonyl (C=O) groups excluding carboxylic acids is 1. The molecule has 10 heteroatoms. The zero-order chi connectivity index (χ0) is 19.6. The van der Waals surface area contributed by atoms with Gasteiger partial charge in [-0.2, -0.15) is 0 Å². The Morgan fingerprint density at radius 1 is 0.962 bits per heavy atom. The van der Waals surface area contributed by atoms with Gasteiger partial charge in [0.25, 0.3) is 0 Å². The fourth-order valence-corrected chi connectivity index (χ4v) is 1.24. The van der Waals surface area contributed by atoms with E-state index in [-0.39, 0.29) is 29.6 Å². The van der Waals surface area contributed by atoms with Gasteiger partial charge in [-0.05, 0) is 63.7 Å². The van der Waals surface area contributed by atoms with Crippen LogP contribution in [0.5, 0.6) is 0 Å². The van der Waals surface area contributed by atoms with E-state index in [0.717, 1.165) is 0 Å². The number of hydrogen-bond donors (Lipinski definition) is 0. The Morgan fingerprint density at radius 2 is 1.35 bits per heavy atom. The predicted molar refractivity (Wildman–Crippen MR) is 84.2 cm³/mol. The van der Waals surface area contributed by atoms with Gasteiger partial charge in [0.15, 0.2) is 6.61 Å². The fraction of sp³-hybridized carbons (Fsp3) is 0.125. The zero-order valence-corrected chi connectivity index (χ0v) is 15.4.